The number of hydrogen-bond donors (Lipinski definition) is 2. The SMILES string of the molecule is COc1ccc(S(=O)(=O)N2CCCC[C@@H]2CCNC(=O)C(=O)Nc2cccc(F)c2)cc1. The highest BCUT2D eigenvalue weighted by atomic mass is 32.2. The third kappa shape index (κ3) is 5.83. The number of rotatable bonds is 7. The van der Waals surface area contributed by atoms with Crippen LogP contribution in [0.2, 0.25) is 0 Å². The Morgan fingerprint density at radius 1 is 1.12 bits per heavy atom. The first-order chi connectivity index (χ1) is 15.3. The highest BCUT2D eigenvalue weighted by Gasteiger charge is 2.33. The standard InChI is InChI=1S/C22H26FN3O5S/c1-31-19-8-10-20(11-9-19)32(29,30)26-14-3-2-7-18(26)12-13-24-21(27)22(28)25-17-6-4-5-16(23)15-17/h4-6,8-11,15,18H,2-3,7,12-14H2,1H3,(H,24,27)(H,25,28)/t18-/m1/s1. The number of anilines is 1. The molecule has 32 heavy (non-hydrogen) atoms. The molecule has 2 amide bonds. The van der Waals surface area contributed by atoms with E-state index in [0.717, 1.165) is 18.9 Å². The van der Waals surface area contributed by atoms with E-state index in [1.54, 1.807) is 12.1 Å². The van der Waals surface area contributed by atoms with E-state index in [2.05, 4.69) is 10.6 Å². The van der Waals surface area contributed by atoms with Crippen LogP contribution in [0.15, 0.2) is 53.4 Å². The summed E-state index contributed by atoms with van der Waals surface area (Å²) in [6, 6.07) is 11.2. The van der Waals surface area contributed by atoms with Crippen molar-refractivity contribution in [1.29, 1.82) is 0 Å². The van der Waals surface area contributed by atoms with Crippen LogP contribution in [0.5, 0.6) is 5.75 Å². The molecule has 0 aromatic heterocycles. The number of carbonyl (C=O) groups is 2. The van der Waals surface area contributed by atoms with Gasteiger partial charge in [0.15, 0.2) is 0 Å². The number of piperidine rings is 1. The van der Waals surface area contributed by atoms with Crippen molar-refractivity contribution in [3.63, 3.8) is 0 Å². The molecule has 2 aromatic rings. The lowest BCUT2D eigenvalue weighted by atomic mass is 10.0. The number of ether oxygens (including phenoxy) is 1. The van der Waals surface area contributed by atoms with Gasteiger partial charge in [0.25, 0.3) is 0 Å². The number of hydrogen-bond acceptors (Lipinski definition) is 5. The molecular weight excluding hydrogens is 437 g/mol. The quantitative estimate of drug-likeness (QED) is 0.614. The Hall–Kier alpha value is -2.98. The normalized spacial score (nSPS) is 16.9. The molecule has 0 saturated carbocycles. The summed E-state index contributed by atoms with van der Waals surface area (Å²) in [6.07, 6.45) is 2.68. The maximum absolute atomic E-state index is 13.2. The van der Waals surface area contributed by atoms with Gasteiger partial charge in [-0.3, -0.25) is 9.59 Å². The summed E-state index contributed by atoms with van der Waals surface area (Å²) in [4.78, 5) is 24.3. The molecule has 1 aliphatic heterocycles. The summed E-state index contributed by atoms with van der Waals surface area (Å²) >= 11 is 0. The Balaban J connectivity index is 1.57. The highest BCUT2D eigenvalue weighted by molar-refractivity contribution is 7.89. The first-order valence-corrected chi connectivity index (χ1v) is 11.8. The molecule has 1 atom stereocenters. The Morgan fingerprint density at radius 2 is 1.88 bits per heavy atom. The third-order valence-electron chi connectivity index (χ3n) is 5.29. The van der Waals surface area contributed by atoms with Gasteiger partial charge in [0.05, 0.1) is 12.0 Å². The monoisotopic (exact) mass is 463 g/mol. The minimum absolute atomic E-state index is 0.134. The number of nitrogens with zero attached hydrogens (tertiary/aromatic N) is 1. The lowest BCUT2D eigenvalue weighted by molar-refractivity contribution is -0.136. The number of amides is 2. The van der Waals surface area contributed by atoms with Crippen molar-refractivity contribution < 1.29 is 27.1 Å². The van der Waals surface area contributed by atoms with E-state index >= 15 is 0 Å². The van der Waals surface area contributed by atoms with Crippen molar-refractivity contribution in [2.75, 3.05) is 25.5 Å². The van der Waals surface area contributed by atoms with E-state index in [9.17, 15) is 22.4 Å². The Morgan fingerprint density at radius 3 is 2.56 bits per heavy atom. The van der Waals surface area contributed by atoms with Crippen LogP contribution in [-0.4, -0.2) is 50.8 Å². The van der Waals surface area contributed by atoms with E-state index in [4.69, 9.17) is 4.74 Å². The largest absolute Gasteiger partial charge is 0.497 e. The fraction of sp³-hybridized carbons (Fsp3) is 0.364. The number of sulfonamides is 1. The van der Waals surface area contributed by atoms with Crippen LogP contribution in [-0.2, 0) is 19.6 Å². The zero-order chi connectivity index (χ0) is 23.1. The molecule has 172 valence electrons. The number of nitrogens with one attached hydrogen (secondary N) is 2. The topological polar surface area (TPSA) is 105 Å². The average molecular weight is 464 g/mol. The van der Waals surface area contributed by atoms with E-state index in [0.29, 0.717) is 25.1 Å². The number of halogens is 1. The fourth-order valence-corrected chi connectivity index (χ4v) is 5.37. The molecular formula is C22H26FN3O5S. The van der Waals surface area contributed by atoms with Crippen LogP contribution in [0, 0.1) is 5.82 Å². The van der Waals surface area contributed by atoms with Crippen LogP contribution < -0.4 is 15.4 Å². The minimum atomic E-state index is -3.70. The van der Waals surface area contributed by atoms with Gasteiger partial charge in [-0.2, -0.15) is 4.31 Å². The Labute approximate surface area is 186 Å². The van der Waals surface area contributed by atoms with Gasteiger partial charge in [-0.15, -0.1) is 0 Å². The van der Waals surface area contributed by atoms with Crippen LogP contribution in [0.25, 0.3) is 0 Å². The summed E-state index contributed by atoms with van der Waals surface area (Å²) in [5, 5.41) is 4.84. The van der Waals surface area contributed by atoms with Crippen LogP contribution in [0.4, 0.5) is 10.1 Å². The predicted molar refractivity (Wildman–Crippen MR) is 117 cm³/mol. The van der Waals surface area contributed by atoms with Gasteiger partial charge in [-0.25, -0.2) is 12.8 Å². The first kappa shape index (κ1) is 23.7. The van der Waals surface area contributed by atoms with E-state index in [1.807, 2.05) is 0 Å². The smallest absolute Gasteiger partial charge is 0.313 e. The molecule has 0 aliphatic carbocycles. The van der Waals surface area contributed by atoms with Gasteiger partial charge in [0.2, 0.25) is 10.0 Å². The molecule has 2 N–H and O–H groups in total. The van der Waals surface area contributed by atoms with Crippen molar-refractivity contribution in [1.82, 2.24) is 9.62 Å². The van der Waals surface area contributed by atoms with Gasteiger partial charge in [0, 0.05) is 24.8 Å². The van der Waals surface area contributed by atoms with Gasteiger partial charge < -0.3 is 15.4 Å². The number of carbonyl (C=O) groups excluding carboxylic acids is 2. The molecule has 0 bridgehead atoms. The maximum Gasteiger partial charge on any atom is 0.313 e. The fourth-order valence-electron chi connectivity index (χ4n) is 3.65. The van der Waals surface area contributed by atoms with Gasteiger partial charge in [0.1, 0.15) is 11.6 Å². The molecule has 0 unspecified atom stereocenters. The zero-order valence-corrected chi connectivity index (χ0v) is 18.5. The maximum atomic E-state index is 13.2. The van der Waals surface area contributed by atoms with E-state index in [1.165, 1.54) is 41.7 Å². The second-order valence-electron chi connectivity index (χ2n) is 7.45. The van der Waals surface area contributed by atoms with Crippen molar-refractivity contribution in [2.45, 2.75) is 36.6 Å². The van der Waals surface area contributed by atoms with E-state index < -0.39 is 27.7 Å². The summed E-state index contributed by atoms with van der Waals surface area (Å²) in [5.74, 6) is -1.74. The van der Waals surface area contributed by atoms with E-state index in [-0.39, 0.29) is 23.2 Å². The van der Waals surface area contributed by atoms with Crippen molar-refractivity contribution >= 4 is 27.5 Å². The van der Waals surface area contributed by atoms with Crippen molar-refractivity contribution in [3.05, 3.63) is 54.3 Å². The van der Waals surface area contributed by atoms with Gasteiger partial charge >= 0.3 is 11.8 Å². The van der Waals surface area contributed by atoms with Crippen LogP contribution in [0.3, 0.4) is 0 Å². The second kappa shape index (κ2) is 10.6. The van der Waals surface area contributed by atoms with Gasteiger partial charge in [-0.1, -0.05) is 12.5 Å². The number of methoxy groups -OCH3 is 1. The Bertz CT molecular complexity index is 1060. The minimum Gasteiger partial charge on any atom is -0.497 e. The van der Waals surface area contributed by atoms with Crippen LogP contribution in [0.1, 0.15) is 25.7 Å². The summed E-state index contributed by atoms with van der Waals surface area (Å²) in [7, 11) is -2.19. The summed E-state index contributed by atoms with van der Waals surface area (Å²) in [5.41, 5.74) is 0.175. The summed E-state index contributed by atoms with van der Waals surface area (Å²) in [6.45, 7) is 0.530. The molecule has 2 aromatic carbocycles. The molecule has 10 heteroatoms. The average Bonchev–Trinajstić information content (AvgIpc) is 2.79. The first-order valence-electron chi connectivity index (χ1n) is 10.3. The molecule has 0 spiro atoms. The predicted octanol–water partition coefficient (Wildman–Crippen LogP) is 2.52. The molecule has 1 aliphatic rings. The molecule has 3 rings (SSSR count). The Kier molecular flexibility index (Phi) is 7.81. The van der Waals surface area contributed by atoms with Crippen molar-refractivity contribution in [3.8, 4) is 5.75 Å². The highest BCUT2D eigenvalue weighted by Crippen LogP contribution is 2.27. The second-order valence-corrected chi connectivity index (χ2v) is 9.34. The number of benzene rings is 2. The molecule has 1 heterocycles. The lowest BCUT2D eigenvalue weighted by Gasteiger charge is -2.34. The molecule has 0 radical (unpaired) electrons. The molecule has 1 fully saturated rings. The summed E-state index contributed by atoms with van der Waals surface area (Å²) < 4.78 is 46.0. The lowest BCUT2D eigenvalue weighted by Crippen LogP contribution is -2.45. The van der Waals surface area contributed by atoms with Crippen LogP contribution >= 0.6 is 0 Å². The third-order valence-corrected chi connectivity index (χ3v) is 7.26. The van der Waals surface area contributed by atoms with Crippen molar-refractivity contribution in [2.24, 2.45) is 0 Å². The molecule has 1 saturated heterocycles. The zero-order valence-electron chi connectivity index (χ0n) is 17.7. The van der Waals surface area contributed by atoms with Gasteiger partial charge in [-0.05, 0) is 61.7 Å². The molecule has 8 nitrogen and oxygen atoms in total.